The maximum Gasteiger partial charge on any atom is 0.252 e. The summed E-state index contributed by atoms with van der Waals surface area (Å²) in [5.41, 5.74) is 1.20. The van der Waals surface area contributed by atoms with Crippen LogP contribution in [-0.2, 0) is 9.59 Å². The third kappa shape index (κ3) is 2.18. The molecule has 1 saturated heterocycles. The summed E-state index contributed by atoms with van der Waals surface area (Å²) in [6.07, 6.45) is 0.170. The van der Waals surface area contributed by atoms with E-state index in [1.54, 1.807) is 31.2 Å². The van der Waals surface area contributed by atoms with Crippen molar-refractivity contribution in [3.8, 4) is 6.07 Å². The Balaban J connectivity index is 2.13. The van der Waals surface area contributed by atoms with E-state index in [9.17, 15) is 9.59 Å². The predicted octanol–water partition coefficient (Wildman–Crippen LogP) is 1.12. The Bertz CT molecular complexity index is 533. The monoisotopic (exact) mass is 243 g/mol. The molecule has 1 aromatic rings. The van der Waals surface area contributed by atoms with Crippen molar-refractivity contribution in [2.75, 3.05) is 11.9 Å². The largest absolute Gasteiger partial charge is 0.373 e. The summed E-state index contributed by atoms with van der Waals surface area (Å²) >= 11 is 0. The lowest BCUT2D eigenvalue weighted by atomic mass is 10.2. The standard InChI is InChI=1S/C13H13N3O2/c1-2-16-12(17)7-11(13(16)18)15-10-5-3-4-9(6-10)8-14/h3-6,11,15H,2,7H2,1H3. The highest BCUT2D eigenvalue weighted by atomic mass is 16.2. The molecule has 1 fully saturated rings. The molecule has 1 aromatic carbocycles. The number of likely N-dealkylation sites (N-methyl/N-ethyl adjacent to an activating group) is 1. The molecule has 1 aliphatic heterocycles. The Labute approximate surface area is 105 Å². The molecule has 5 nitrogen and oxygen atoms in total. The molecule has 1 atom stereocenters. The number of benzene rings is 1. The second kappa shape index (κ2) is 4.88. The molecule has 0 spiro atoms. The van der Waals surface area contributed by atoms with Crippen LogP contribution in [0.2, 0.25) is 0 Å². The van der Waals surface area contributed by atoms with Gasteiger partial charge >= 0.3 is 0 Å². The van der Waals surface area contributed by atoms with Crippen molar-refractivity contribution in [3.05, 3.63) is 29.8 Å². The minimum absolute atomic E-state index is 0.156. The smallest absolute Gasteiger partial charge is 0.252 e. The second-order valence-corrected chi connectivity index (χ2v) is 4.07. The van der Waals surface area contributed by atoms with Crippen LogP contribution in [0.25, 0.3) is 0 Å². The second-order valence-electron chi connectivity index (χ2n) is 4.07. The van der Waals surface area contributed by atoms with Crippen molar-refractivity contribution in [3.63, 3.8) is 0 Å². The van der Waals surface area contributed by atoms with Crippen LogP contribution in [0.5, 0.6) is 0 Å². The Morgan fingerprint density at radius 2 is 2.28 bits per heavy atom. The van der Waals surface area contributed by atoms with E-state index < -0.39 is 6.04 Å². The number of hydrogen-bond donors (Lipinski definition) is 1. The summed E-state index contributed by atoms with van der Waals surface area (Å²) in [6, 6.07) is 8.36. The lowest BCUT2D eigenvalue weighted by Crippen LogP contribution is -2.34. The van der Waals surface area contributed by atoms with Crippen LogP contribution in [-0.4, -0.2) is 29.3 Å². The molecule has 0 bridgehead atoms. The number of nitriles is 1. The molecule has 0 radical (unpaired) electrons. The fraction of sp³-hybridized carbons (Fsp3) is 0.308. The number of nitrogens with one attached hydrogen (secondary N) is 1. The van der Waals surface area contributed by atoms with Gasteiger partial charge in [0.15, 0.2) is 0 Å². The van der Waals surface area contributed by atoms with Gasteiger partial charge in [0, 0.05) is 12.2 Å². The molecule has 2 amide bonds. The Kier molecular flexibility index (Phi) is 3.28. The maximum atomic E-state index is 11.9. The van der Waals surface area contributed by atoms with E-state index in [-0.39, 0.29) is 18.2 Å². The van der Waals surface area contributed by atoms with Crippen molar-refractivity contribution < 1.29 is 9.59 Å². The number of carbonyl (C=O) groups excluding carboxylic acids is 2. The van der Waals surface area contributed by atoms with Gasteiger partial charge in [-0.05, 0) is 25.1 Å². The van der Waals surface area contributed by atoms with Crippen molar-refractivity contribution in [2.45, 2.75) is 19.4 Å². The molecule has 0 saturated carbocycles. The van der Waals surface area contributed by atoms with Crippen LogP contribution >= 0.6 is 0 Å². The van der Waals surface area contributed by atoms with Crippen LogP contribution in [0.3, 0.4) is 0 Å². The Morgan fingerprint density at radius 1 is 1.50 bits per heavy atom. The van der Waals surface area contributed by atoms with Crippen LogP contribution in [0, 0.1) is 11.3 Å². The van der Waals surface area contributed by atoms with Gasteiger partial charge in [0.1, 0.15) is 6.04 Å². The fourth-order valence-corrected chi connectivity index (χ4v) is 2.01. The van der Waals surface area contributed by atoms with Gasteiger partial charge in [-0.2, -0.15) is 5.26 Å². The third-order valence-electron chi connectivity index (χ3n) is 2.89. The number of amides is 2. The van der Waals surface area contributed by atoms with Crippen molar-refractivity contribution in [1.82, 2.24) is 4.90 Å². The van der Waals surface area contributed by atoms with Crippen LogP contribution < -0.4 is 5.32 Å². The number of rotatable bonds is 3. The van der Waals surface area contributed by atoms with Crippen molar-refractivity contribution in [1.29, 1.82) is 5.26 Å². The molecule has 92 valence electrons. The van der Waals surface area contributed by atoms with Gasteiger partial charge in [0.25, 0.3) is 5.91 Å². The molecule has 18 heavy (non-hydrogen) atoms. The lowest BCUT2D eigenvalue weighted by molar-refractivity contribution is -0.138. The van der Waals surface area contributed by atoms with Gasteiger partial charge in [-0.3, -0.25) is 14.5 Å². The minimum Gasteiger partial charge on any atom is -0.373 e. The van der Waals surface area contributed by atoms with Gasteiger partial charge in [-0.25, -0.2) is 0 Å². The molecule has 0 aliphatic carbocycles. The highest BCUT2D eigenvalue weighted by molar-refractivity contribution is 6.06. The summed E-state index contributed by atoms with van der Waals surface area (Å²) in [4.78, 5) is 24.7. The van der Waals surface area contributed by atoms with Crippen LogP contribution in [0.1, 0.15) is 18.9 Å². The number of hydrogen-bond acceptors (Lipinski definition) is 4. The fourth-order valence-electron chi connectivity index (χ4n) is 2.01. The molecule has 1 unspecified atom stereocenters. The summed E-state index contributed by atoms with van der Waals surface area (Å²) in [7, 11) is 0. The maximum absolute atomic E-state index is 11.9. The minimum atomic E-state index is -0.522. The first kappa shape index (κ1) is 12.1. The van der Waals surface area contributed by atoms with Gasteiger partial charge in [0.05, 0.1) is 18.1 Å². The van der Waals surface area contributed by atoms with E-state index >= 15 is 0 Å². The van der Waals surface area contributed by atoms with Gasteiger partial charge in [-0.15, -0.1) is 0 Å². The zero-order valence-corrected chi connectivity index (χ0v) is 10.0. The lowest BCUT2D eigenvalue weighted by Gasteiger charge is -2.14. The van der Waals surface area contributed by atoms with Crippen LogP contribution in [0.4, 0.5) is 5.69 Å². The summed E-state index contributed by atoms with van der Waals surface area (Å²) in [5.74, 6) is -0.360. The van der Waals surface area contributed by atoms with E-state index in [4.69, 9.17) is 5.26 Å². The number of imide groups is 1. The SMILES string of the molecule is CCN1C(=O)CC(Nc2cccc(C#N)c2)C1=O. The molecular weight excluding hydrogens is 230 g/mol. The van der Waals surface area contributed by atoms with Gasteiger partial charge in [0.2, 0.25) is 5.91 Å². The summed E-state index contributed by atoms with van der Waals surface area (Å²) in [5, 5.41) is 11.8. The summed E-state index contributed by atoms with van der Waals surface area (Å²) < 4.78 is 0. The molecule has 2 rings (SSSR count). The first-order valence-electron chi connectivity index (χ1n) is 5.76. The molecule has 1 heterocycles. The Morgan fingerprint density at radius 3 is 2.89 bits per heavy atom. The zero-order valence-electron chi connectivity index (χ0n) is 10.0. The van der Waals surface area contributed by atoms with E-state index in [0.29, 0.717) is 17.8 Å². The first-order valence-corrected chi connectivity index (χ1v) is 5.76. The van der Waals surface area contributed by atoms with Crippen molar-refractivity contribution in [2.24, 2.45) is 0 Å². The van der Waals surface area contributed by atoms with Crippen LogP contribution in [0.15, 0.2) is 24.3 Å². The highest BCUT2D eigenvalue weighted by Crippen LogP contribution is 2.18. The number of anilines is 1. The van der Waals surface area contributed by atoms with Crippen molar-refractivity contribution >= 4 is 17.5 Å². The Hall–Kier alpha value is -2.35. The molecule has 5 heteroatoms. The van der Waals surface area contributed by atoms with E-state index in [2.05, 4.69) is 5.32 Å². The van der Waals surface area contributed by atoms with Gasteiger partial charge < -0.3 is 5.32 Å². The molecule has 1 aliphatic rings. The molecule has 0 aromatic heterocycles. The quantitative estimate of drug-likeness (QED) is 0.807. The van der Waals surface area contributed by atoms with E-state index in [0.717, 1.165) is 0 Å². The molecule has 1 N–H and O–H groups in total. The first-order chi connectivity index (χ1) is 8.65. The predicted molar refractivity (Wildman–Crippen MR) is 65.6 cm³/mol. The van der Waals surface area contributed by atoms with E-state index in [1.807, 2.05) is 6.07 Å². The normalized spacial score (nSPS) is 18.9. The summed E-state index contributed by atoms with van der Waals surface area (Å²) in [6.45, 7) is 2.17. The number of likely N-dealkylation sites (tertiary alicyclic amines) is 1. The van der Waals surface area contributed by atoms with Gasteiger partial charge in [-0.1, -0.05) is 6.07 Å². The highest BCUT2D eigenvalue weighted by Gasteiger charge is 2.37. The molecular formula is C13H13N3O2. The van der Waals surface area contributed by atoms with E-state index in [1.165, 1.54) is 4.90 Å². The topological polar surface area (TPSA) is 73.2 Å². The zero-order chi connectivity index (χ0) is 13.1. The number of carbonyl (C=O) groups is 2. The average Bonchev–Trinajstić information content (AvgIpc) is 2.64. The third-order valence-corrected chi connectivity index (χ3v) is 2.89. The number of nitrogens with zero attached hydrogens (tertiary/aromatic N) is 2. The average molecular weight is 243 g/mol.